The van der Waals surface area contributed by atoms with Crippen LogP contribution in [0.15, 0.2) is 18.2 Å². The monoisotopic (exact) mass is 277 g/mol. The first-order valence-electron chi connectivity index (χ1n) is 7.70. The Kier molecular flexibility index (Phi) is 4.92. The van der Waals surface area contributed by atoms with E-state index in [1.807, 2.05) is 18.2 Å². The molecule has 2 rings (SSSR count). The van der Waals surface area contributed by atoms with Gasteiger partial charge in [-0.2, -0.15) is 0 Å². The van der Waals surface area contributed by atoms with E-state index in [0.717, 1.165) is 29.9 Å². The smallest absolute Gasteiger partial charge is 0.125 e. The molecule has 1 aromatic rings. The Morgan fingerprint density at radius 3 is 2.85 bits per heavy atom. The fourth-order valence-electron chi connectivity index (χ4n) is 3.00. The molecule has 1 unspecified atom stereocenters. The highest BCUT2D eigenvalue weighted by Gasteiger charge is 2.35. The minimum absolute atomic E-state index is 0.0324. The Morgan fingerprint density at radius 1 is 1.35 bits per heavy atom. The summed E-state index contributed by atoms with van der Waals surface area (Å²) in [5.41, 5.74) is 7.28. The van der Waals surface area contributed by atoms with Crippen molar-refractivity contribution in [1.29, 1.82) is 0 Å². The number of hydrogen-bond donors (Lipinski definition) is 1. The minimum atomic E-state index is -0.130. The van der Waals surface area contributed by atoms with Crippen LogP contribution in [-0.2, 0) is 0 Å². The molecule has 2 N–H and O–H groups in total. The molecule has 1 aromatic carbocycles. The first-order valence-corrected chi connectivity index (χ1v) is 7.70. The largest absolute Gasteiger partial charge is 0.497 e. The van der Waals surface area contributed by atoms with Crippen LogP contribution >= 0.6 is 0 Å². The van der Waals surface area contributed by atoms with Crippen LogP contribution in [0.2, 0.25) is 0 Å². The van der Waals surface area contributed by atoms with Gasteiger partial charge in [0, 0.05) is 18.0 Å². The Labute approximate surface area is 122 Å². The third-order valence-electron chi connectivity index (χ3n) is 4.18. The lowest BCUT2D eigenvalue weighted by atomic mass is 9.85. The fourth-order valence-corrected chi connectivity index (χ4v) is 3.00. The van der Waals surface area contributed by atoms with Crippen LogP contribution in [0.4, 0.5) is 0 Å². The normalized spacial score (nSPS) is 24.9. The number of hydrogen-bond acceptors (Lipinski definition) is 3. The third-order valence-corrected chi connectivity index (χ3v) is 4.18. The molecule has 3 heteroatoms. The van der Waals surface area contributed by atoms with Gasteiger partial charge in [0.2, 0.25) is 0 Å². The molecular formula is C17H27NO2. The maximum absolute atomic E-state index is 6.34. The lowest BCUT2D eigenvalue weighted by molar-refractivity contribution is 0.0428. The Balaban J connectivity index is 2.06. The van der Waals surface area contributed by atoms with Crippen molar-refractivity contribution in [1.82, 2.24) is 0 Å². The van der Waals surface area contributed by atoms with E-state index in [4.69, 9.17) is 15.2 Å². The number of fused-ring (bicyclic) bond motifs is 1. The predicted molar refractivity (Wildman–Crippen MR) is 82.3 cm³/mol. The maximum atomic E-state index is 6.34. The second-order valence-corrected chi connectivity index (χ2v) is 6.08. The second kappa shape index (κ2) is 6.49. The lowest BCUT2D eigenvalue weighted by Crippen LogP contribution is -2.40. The highest BCUT2D eigenvalue weighted by molar-refractivity contribution is 5.44. The number of unbranched alkanes of at least 4 members (excludes halogenated alkanes) is 3. The molecule has 0 saturated heterocycles. The van der Waals surface area contributed by atoms with Crippen LogP contribution in [0.25, 0.3) is 0 Å². The van der Waals surface area contributed by atoms with Gasteiger partial charge in [0.25, 0.3) is 0 Å². The van der Waals surface area contributed by atoms with Gasteiger partial charge in [0.1, 0.15) is 17.1 Å². The average molecular weight is 277 g/mol. The van der Waals surface area contributed by atoms with Crippen molar-refractivity contribution in [3.05, 3.63) is 23.8 Å². The molecule has 0 saturated carbocycles. The Morgan fingerprint density at radius 2 is 2.15 bits per heavy atom. The van der Waals surface area contributed by atoms with Crippen LogP contribution in [-0.4, -0.2) is 12.7 Å². The van der Waals surface area contributed by atoms with Crippen molar-refractivity contribution < 1.29 is 9.47 Å². The van der Waals surface area contributed by atoms with Gasteiger partial charge in [-0.05, 0) is 38.0 Å². The van der Waals surface area contributed by atoms with E-state index in [-0.39, 0.29) is 11.6 Å². The van der Waals surface area contributed by atoms with Crippen molar-refractivity contribution in [3.63, 3.8) is 0 Å². The van der Waals surface area contributed by atoms with Gasteiger partial charge in [0.15, 0.2) is 0 Å². The molecular weight excluding hydrogens is 250 g/mol. The summed E-state index contributed by atoms with van der Waals surface area (Å²) in [7, 11) is 1.68. The van der Waals surface area contributed by atoms with Gasteiger partial charge >= 0.3 is 0 Å². The van der Waals surface area contributed by atoms with Crippen molar-refractivity contribution in [3.8, 4) is 11.5 Å². The molecule has 20 heavy (non-hydrogen) atoms. The Hall–Kier alpha value is -1.22. The fraction of sp³-hybridized carbons (Fsp3) is 0.647. The molecule has 0 bridgehead atoms. The van der Waals surface area contributed by atoms with Gasteiger partial charge in [-0.15, -0.1) is 0 Å². The van der Waals surface area contributed by atoms with E-state index in [1.165, 1.54) is 25.7 Å². The summed E-state index contributed by atoms with van der Waals surface area (Å²) < 4.78 is 11.5. The van der Waals surface area contributed by atoms with Gasteiger partial charge in [-0.25, -0.2) is 0 Å². The van der Waals surface area contributed by atoms with E-state index in [0.29, 0.717) is 0 Å². The van der Waals surface area contributed by atoms with Gasteiger partial charge in [0.05, 0.1) is 7.11 Å². The number of rotatable bonds is 6. The Bertz CT molecular complexity index is 447. The summed E-state index contributed by atoms with van der Waals surface area (Å²) in [4.78, 5) is 0. The summed E-state index contributed by atoms with van der Waals surface area (Å²) >= 11 is 0. The second-order valence-electron chi connectivity index (χ2n) is 6.08. The van der Waals surface area contributed by atoms with Crippen LogP contribution < -0.4 is 15.2 Å². The van der Waals surface area contributed by atoms with E-state index in [9.17, 15) is 0 Å². The van der Waals surface area contributed by atoms with Gasteiger partial charge in [-0.3, -0.25) is 0 Å². The summed E-state index contributed by atoms with van der Waals surface area (Å²) in [5, 5.41) is 0. The SMILES string of the molecule is CCCCCCC1(C)C[C@H](N)c2cc(OC)ccc2O1. The number of nitrogens with two attached hydrogens (primary N) is 1. The van der Waals surface area contributed by atoms with E-state index in [2.05, 4.69) is 13.8 Å². The molecule has 0 amide bonds. The number of benzene rings is 1. The molecule has 1 aliphatic heterocycles. The molecule has 0 fully saturated rings. The zero-order valence-electron chi connectivity index (χ0n) is 12.9. The molecule has 0 radical (unpaired) electrons. The summed E-state index contributed by atoms with van der Waals surface area (Å²) in [6.45, 7) is 4.42. The van der Waals surface area contributed by atoms with Crippen molar-refractivity contribution >= 4 is 0 Å². The van der Waals surface area contributed by atoms with Crippen molar-refractivity contribution in [2.24, 2.45) is 5.73 Å². The molecule has 2 atom stereocenters. The maximum Gasteiger partial charge on any atom is 0.125 e. The summed E-state index contributed by atoms with van der Waals surface area (Å²) in [6, 6.07) is 5.95. The zero-order valence-corrected chi connectivity index (χ0v) is 12.9. The molecule has 3 nitrogen and oxygen atoms in total. The summed E-state index contributed by atoms with van der Waals surface area (Å²) in [5.74, 6) is 1.76. The van der Waals surface area contributed by atoms with Gasteiger partial charge in [-0.1, -0.05) is 26.2 Å². The average Bonchev–Trinajstić information content (AvgIpc) is 2.43. The van der Waals surface area contributed by atoms with Crippen LogP contribution in [0.1, 0.15) is 64.0 Å². The van der Waals surface area contributed by atoms with E-state index >= 15 is 0 Å². The molecule has 1 heterocycles. The highest BCUT2D eigenvalue weighted by atomic mass is 16.5. The van der Waals surface area contributed by atoms with Crippen LogP contribution in [0.5, 0.6) is 11.5 Å². The van der Waals surface area contributed by atoms with Crippen LogP contribution in [0, 0.1) is 0 Å². The van der Waals surface area contributed by atoms with Crippen LogP contribution in [0.3, 0.4) is 0 Å². The highest BCUT2D eigenvalue weighted by Crippen LogP contribution is 2.42. The number of ether oxygens (including phenoxy) is 2. The zero-order chi connectivity index (χ0) is 14.6. The summed E-state index contributed by atoms with van der Waals surface area (Å²) in [6.07, 6.45) is 7.00. The van der Waals surface area contributed by atoms with E-state index in [1.54, 1.807) is 7.11 Å². The molecule has 112 valence electrons. The third kappa shape index (κ3) is 3.45. The quantitative estimate of drug-likeness (QED) is 0.792. The predicted octanol–water partition coefficient (Wildman–Crippen LogP) is 4.21. The van der Waals surface area contributed by atoms with E-state index < -0.39 is 0 Å². The van der Waals surface area contributed by atoms with Gasteiger partial charge < -0.3 is 15.2 Å². The molecule has 0 spiro atoms. The standard InChI is InChI=1S/C17H27NO2/c1-4-5-6-7-10-17(2)12-15(18)14-11-13(19-3)8-9-16(14)20-17/h8-9,11,15H,4-7,10,12,18H2,1-3H3/t15-,17?/m0/s1. The molecule has 0 aromatic heterocycles. The topological polar surface area (TPSA) is 44.5 Å². The van der Waals surface area contributed by atoms with Crippen molar-refractivity contribution in [2.45, 2.75) is 64.0 Å². The first kappa shape index (κ1) is 15.2. The lowest BCUT2D eigenvalue weighted by Gasteiger charge is -2.39. The molecule has 1 aliphatic rings. The first-order chi connectivity index (χ1) is 9.58. The van der Waals surface area contributed by atoms with Crippen molar-refractivity contribution in [2.75, 3.05) is 7.11 Å². The number of methoxy groups -OCH3 is 1. The minimum Gasteiger partial charge on any atom is -0.497 e. The molecule has 0 aliphatic carbocycles.